The molecule has 12 heteroatoms. The third-order valence-electron chi connectivity index (χ3n) is 10.7. The van der Waals surface area contributed by atoms with Crippen molar-refractivity contribution >= 4 is 25.7 Å². The largest absolute Gasteiger partial charge is 0.480 e. The van der Waals surface area contributed by atoms with E-state index in [0.717, 1.165) is 57.8 Å². The van der Waals surface area contributed by atoms with Gasteiger partial charge < -0.3 is 25.2 Å². The zero-order chi connectivity index (χ0) is 44.2. The Hall–Kier alpha value is -2.04. The molecule has 0 aliphatic heterocycles. The molecule has 3 atom stereocenters. The number of phosphoric ester groups is 1. The Morgan fingerprint density at radius 2 is 0.917 bits per heavy atom. The fraction of sp³-hybridized carbons (Fsp3) is 0.854. The number of esters is 1. The molecule has 0 aliphatic carbocycles. The molecule has 0 rings (SSSR count). The number of hydrogen-bond acceptors (Lipinski definition) is 8. The molecule has 4 N–H and O–H groups in total. The molecule has 0 spiro atoms. The van der Waals surface area contributed by atoms with Gasteiger partial charge in [-0.3, -0.25) is 18.6 Å². The van der Waals surface area contributed by atoms with Crippen LogP contribution in [0.1, 0.15) is 232 Å². The van der Waals surface area contributed by atoms with Crippen LogP contribution < -0.4 is 5.32 Å². The summed E-state index contributed by atoms with van der Waals surface area (Å²) in [7, 11) is -4.76. The maximum atomic E-state index is 12.3. The third kappa shape index (κ3) is 42.6. The number of carbonyl (C=O) groups is 3. The van der Waals surface area contributed by atoms with Gasteiger partial charge in [0.25, 0.3) is 0 Å². The van der Waals surface area contributed by atoms with E-state index in [-0.39, 0.29) is 12.8 Å². The number of rotatable bonds is 46. The zero-order valence-corrected chi connectivity index (χ0v) is 39.2. The maximum absolute atomic E-state index is 12.3. The fourth-order valence-corrected chi connectivity index (χ4v) is 7.71. The fourth-order valence-electron chi connectivity index (χ4n) is 6.94. The van der Waals surface area contributed by atoms with Crippen molar-refractivity contribution < 1.29 is 47.8 Å². The quantitative estimate of drug-likeness (QED) is 0.0200. The van der Waals surface area contributed by atoms with E-state index in [2.05, 4.69) is 43.5 Å². The lowest BCUT2D eigenvalue weighted by Gasteiger charge is -2.18. The topological polar surface area (TPSA) is 169 Å². The smallest absolute Gasteiger partial charge is 0.472 e. The number of carboxylic acids is 1. The molecule has 0 aromatic carbocycles. The first-order chi connectivity index (χ1) is 29.1. The van der Waals surface area contributed by atoms with Gasteiger partial charge in [0.15, 0.2) is 6.04 Å². The molecule has 11 nitrogen and oxygen atoms in total. The molecule has 352 valence electrons. The second-order valence-corrected chi connectivity index (χ2v) is 18.1. The highest BCUT2D eigenvalue weighted by atomic mass is 31.2. The molecular formula is C48H90NO10P. The average molecular weight is 872 g/mol. The molecule has 60 heavy (non-hydrogen) atoms. The number of unbranched alkanes of at least 4 members (excludes halogenated alkanes) is 28. The molecular weight excluding hydrogens is 781 g/mol. The van der Waals surface area contributed by atoms with Crippen LogP contribution in [0.15, 0.2) is 24.3 Å². The van der Waals surface area contributed by atoms with Crippen LogP contribution in [0.4, 0.5) is 0 Å². The van der Waals surface area contributed by atoms with Gasteiger partial charge in [-0.15, -0.1) is 0 Å². The first-order valence-corrected chi connectivity index (χ1v) is 25.9. The number of phosphoric acid groups is 1. The highest BCUT2D eigenvalue weighted by Crippen LogP contribution is 2.43. The van der Waals surface area contributed by atoms with Crippen molar-refractivity contribution in [3.63, 3.8) is 0 Å². The van der Waals surface area contributed by atoms with Gasteiger partial charge in [0.1, 0.15) is 12.7 Å². The Labute approximate surface area is 366 Å². The van der Waals surface area contributed by atoms with Crippen molar-refractivity contribution in [1.29, 1.82) is 0 Å². The van der Waals surface area contributed by atoms with Crippen LogP contribution in [0.3, 0.4) is 0 Å². The molecule has 0 heterocycles. The normalized spacial score (nSPS) is 13.8. The van der Waals surface area contributed by atoms with E-state index in [9.17, 15) is 34.1 Å². The summed E-state index contributed by atoms with van der Waals surface area (Å²) in [5.41, 5.74) is 0. The number of aliphatic hydroxyl groups excluding tert-OH is 1. The third-order valence-corrected chi connectivity index (χ3v) is 11.7. The minimum atomic E-state index is -4.76. The minimum Gasteiger partial charge on any atom is -0.480 e. The number of amides is 1. The number of allylic oxidation sites excluding steroid dienone is 4. The van der Waals surface area contributed by atoms with Gasteiger partial charge in [-0.05, 0) is 44.9 Å². The van der Waals surface area contributed by atoms with Gasteiger partial charge in [-0.1, -0.05) is 199 Å². The lowest BCUT2D eigenvalue weighted by atomic mass is 10.0. The summed E-state index contributed by atoms with van der Waals surface area (Å²) in [6.07, 6.45) is 46.2. The van der Waals surface area contributed by atoms with Crippen LogP contribution in [0.5, 0.6) is 0 Å². The van der Waals surface area contributed by atoms with E-state index in [1.54, 1.807) is 0 Å². The number of aliphatic carboxylic acids is 1. The summed E-state index contributed by atoms with van der Waals surface area (Å²) in [4.78, 5) is 46.0. The molecule has 0 aliphatic rings. The Balaban J connectivity index is 3.84. The van der Waals surface area contributed by atoms with Crippen LogP contribution in [0.25, 0.3) is 0 Å². The predicted octanol–water partition coefficient (Wildman–Crippen LogP) is 13.0. The van der Waals surface area contributed by atoms with Gasteiger partial charge in [0.05, 0.1) is 13.2 Å². The van der Waals surface area contributed by atoms with Gasteiger partial charge in [0.2, 0.25) is 5.91 Å². The van der Waals surface area contributed by atoms with Crippen LogP contribution in [0.2, 0.25) is 0 Å². The number of hydrogen-bond donors (Lipinski definition) is 4. The van der Waals surface area contributed by atoms with Gasteiger partial charge >= 0.3 is 19.8 Å². The van der Waals surface area contributed by atoms with E-state index in [4.69, 9.17) is 13.8 Å². The van der Waals surface area contributed by atoms with Crippen molar-refractivity contribution in [1.82, 2.24) is 5.32 Å². The van der Waals surface area contributed by atoms with Crippen molar-refractivity contribution in [3.05, 3.63) is 24.3 Å². The first kappa shape index (κ1) is 58.0. The molecule has 0 saturated carbocycles. The molecule has 0 fully saturated rings. The molecule has 1 amide bonds. The minimum absolute atomic E-state index is 0.143. The summed E-state index contributed by atoms with van der Waals surface area (Å²) in [6, 6.07) is -1.55. The monoisotopic (exact) mass is 872 g/mol. The number of aliphatic hydroxyl groups is 1. The average Bonchev–Trinajstić information content (AvgIpc) is 3.22. The molecule has 0 radical (unpaired) electrons. The molecule has 0 aromatic rings. The lowest BCUT2D eigenvalue weighted by molar-refractivity contribution is -0.147. The number of carbonyl (C=O) groups excluding carboxylic acids is 2. The molecule has 0 bridgehead atoms. The van der Waals surface area contributed by atoms with Crippen LogP contribution >= 0.6 is 7.82 Å². The van der Waals surface area contributed by atoms with Crippen molar-refractivity contribution in [2.75, 3.05) is 19.8 Å². The second kappa shape index (κ2) is 43.6. The van der Waals surface area contributed by atoms with Crippen LogP contribution in [0, 0.1) is 0 Å². The highest BCUT2D eigenvalue weighted by Gasteiger charge is 2.28. The van der Waals surface area contributed by atoms with Gasteiger partial charge in [-0.2, -0.15) is 0 Å². The van der Waals surface area contributed by atoms with E-state index in [1.807, 2.05) is 0 Å². The Bertz CT molecular complexity index is 1120. The summed E-state index contributed by atoms with van der Waals surface area (Å²) in [5.74, 6) is -2.37. The molecule has 0 aromatic heterocycles. The molecule has 0 saturated heterocycles. The zero-order valence-electron chi connectivity index (χ0n) is 38.3. The van der Waals surface area contributed by atoms with Crippen LogP contribution in [-0.4, -0.2) is 64.9 Å². The predicted molar refractivity (Wildman–Crippen MR) is 245 cm³/mol. The van der Waals surface area contributed by atoms with Crippen LogP contribution in [-0.2, 0) is 32.7 Å². The van der Waals surface area contributed by atoms with E-state index in [0.29, 0.717) is 12.8 Å². The summed E-state index contributed by atoms with van der Waals surface area (Å²) >= 11 is 0. The van der Waals surface area contributed by atoms with E-state index >= 15 is 0 Å². The van der Waals surface area contributed by atoms with Gasteiger partial charge in [-0.25, -0.2) is 9.36 Å². The summed E-state index contributed by atoms with van der Waals surface area (Å²) in [5, 5.41) is 21.9. The standard InChI is InChI=1S/C48H90NO10P/c1-3-5-7-9-11-13-15-17-19-21-22-24-25-27-29-31-33-35-37-39-46(51)49-45(48(53)54)43-59-60(55,56)58-42-44(50)41-57-47(52)40-38-36-34-32-30-28-26-23-20-18-16-14-12-10-8-6-4-2/h11,13,17,19,44-45,50H,3-10,12,14-16,18,20-43H2,1-2H3,(H,49,51)(H,53,54)(H,55,56)/b13-11-,19-17-. The second-order valence-electron chi connectivity index (χ2n) is 16.7. The highest BCUT2D eigenvalue weighted by molar-refractivity contribution is 7.47. The Morgan fingerprint density at radius 1 is 0.533 bits per heavy atom. The summed E-state index contributed by atoms with van der Waals surface area (Å²) < 4.78 is 26.9. The first-order valence-electron chi connectivity index (χ1n) is 24.4. The Morgan fingerprint density at radius 3 is 1.38 bits per heavy atom. The lowest BCUT2D eigenvalue weighted by Crippen LogP contribution is -2.43. The molecule has 3 unspecified atom stereocenters. The maximum Gasteiger partial charge on any atom is 0.472 e. The number of nitrogens with one attached hydrogen (secondary N) is 1. The van der Waals surface area contributed by atoms with Crippen molar-refractivity contribution in [3.8, 4) is 0 Å². The number of carboxylic acid groups (broad SMARTS) is 1. The number of ether oxygens (including phenoxy) is 1. The van der Waals surface area contributed by atoms with Crippen molar-refractivity contribution in [2.45, 2.75) is 244 Å². The van der Waals surface area contributed by atoms with Crippen molar-refractivity contribution in [2.24, 2.45) is 0 Å². The van der Waals surface area contributed by atoms with E-state index in [1.165, 1.54) is 135 Å². The Kier molecular flexibility index (Phi) is 42.1. The van der Waals surface area contributed by atoms with Gasteiger partial charge in [0, 0.05) is 12.8 Å². The summed E-state index contributed by atoms with van der Waals surface area (Å²) in [6.45, 7) is 2.60. The van der Waals surface area contributed by atoms with E-state index < -0.39 is 57.6 Å². The SMILES string of the molecule is CCCCC/C=C\C/C=C\CCCCCCCCCCCC(=O)NC(COP(=O)(O)OCC(O)COC(=O)CCCCCCCCCCCCCCCCCCC)C(=O)O.